The molecule has 0 aromatic heterocycles. The summed E-state index contributed by atoms with van der Waals surface area (Å²) in [6.45, 7) is 3.13. The molecule has 0 radical (unpaired) electrons. The second-order valence-corrected chi connectivity index (χ2v) is 9.40. The van der Waals surface area contributed by atoms with Gasteiger partial charge in [-0.05, 0) is 41.7 Å². The summed E-state index contributed by atoms with van der Waals surface area (Å²) in [5.74, 6) is -0.00625. The lowest BCUT2D eigenvalue weighted by atomic mass is 9.93. The first-order valence-electron chi connectivity index (χ1n) is 12.8. The predicted octanol–water partition coefficient (Wildman–Crippen LogP) is 3.87. The number of benzene rings is 2. The molecule has 0 bridgehead atoms. The summed E-state index contributed by atoms with van der Waals surface area (Å²) in [4.78, 5) is 37.2. The Hall–Kier alpha value is -2.87. The van der Waals surface area contributed by atoms with E-state index >= 15 is 0 Å². The molecule has 2 aromatic carbocycles. The van der Waals surface area contributed by atoms with Crippen LogP contribution in [0.4, 0.5) is 0 Å². The third kappa shape index (κ3) is 7.09. The van der Waals surface area contributed by atoms with Crippen LogP contribution < -0.4 is 0 Å². The van der Waals surface area contributed by atoms with Crippen LogP contribution in [0.1, 0.15) is 37.7 Å². The number of rotatable bonds is 12. The molecular weight excluding hydrogens is 458 g/mol. The first-order valence-corrected chi connectivity index (χ1v) is 12.8. The lowest BCUT2D eigenvalue weighted by Crippen LogP contribution is -2.49. The smallest absolute Gasteiger partial charge is 0.306 e. The Balaban J connectivity index is 1.36. The van der Waals surface area contributed by atoms with Gasteiger partial charge in [0.25, 0.3) is 0 Å². The highest BCUT2D eigenvalue weighted by Gasteiger charge is 2.45. The van der Waals surface area contributed by atoms with Crippen LogP contribution in [0.5, 0.6) is 0 Å². The van der Waals surface area contributed by atoms with E-state index in [2.05, 4.69) is 41.3 Å². The van der Waals surface area contributed by atoms with Gasteiger partial charge in [0, 0.05) is 31.8 Å². The molecule has 192 valence electrons. The average Bonchev–Trinajstić information content (AvgIpc) is 3.23. The van der Waals surface area contributed by atoms with Gasteiger partial charge in [-0.1, -0.05) is 48.6 Å². The van der Waals surface area contributed by atoms with Crippen LogP contribution in [-0.2, 0) is 35.2 Å². The molecule has 4 rings (SSSR count). The monoisotopic (exact) mass is 493 g/mol. The lowest BCUT2D eigenvalue weighted by Gasteiger charge is -2.35. The maximum absolute atomic E-state index is 13.1. The third-order valence-corrected chi connectivity index (χ3v) is 6.99. The van der Waals surface area contributed by atoms with E-state index in [-0.39, 0.29) is 42.8 Å². The summed E-state index contributed by atoms with van der Waals surface area (Å²) in [7, 11) is 0. The Morgan fingerprint density at radius 2 is 1.83 bits per heavy atom. The number of carbonyl (C=O) groups is 3. The number of fused-ring (bicyclic) bond motifs is 1. The van der Waals surface area contributed by atoms with Crippen LogP contribution in [0.3, 0.4) is 0 Å². The van der Waals surface area contributed by atoms with Crippen LogP contribution in [0, 0.1) is 5.92 Å². The SMILES string of the molecule is O=CCOC(=O)CC/C=C/CCC1C(OCc2ccc3ccccc3c2)CC(=O)C1N1CCOCC1. The molecule has 7 heteroatoms. The summed E-state index contributed by atoms with van der Waals surface area (Å²) < 4.78 is 16.7. The first-order chi connectivity index (χ1) is 17.7. The van der Waals surface area contributed by atoms with Crippen LogP contribution in [0.2, 0.25) is 0 Å². The zero-order valence-electron chi connectivity index (χ0n) is 20.7. The van der Waals surface area contributed by atoms with Crippen LogP contribution in [0.15, 0.2) is 54.6 Å². The number of allylic oxidation sites excluding steroid dienone is 2. The van der Waals surface area contributed by atoms with Crippen molar-refractivity contribution in [3.63, 3.8) is 0 Å². The molecule has 3 atom stereocenters. The van der Waals surface area contributed by atoms with Crippen molar-refractivity contribution >= 4 is 28.8 Å². The molecule has 1 heterocycles. The zero-order valence-corrected chi connectivity index (χ0v) is 20.7. The van der Waals surface area contributed by atoms with E-state index in [1.54, 1.807) is 0 Å². The van der Waals surface area contributed by atoms with Gasteiger partial charge in [-0.25, -0.2) is 0 Å². The van der Waals surface area contributed by atoms with Crippen LogP contribution in [-0.4, -0.2) is 68.0 Å². The average molecular weight is 494 g/mol. The van der Waals surface area contributed by atoms with Gasteiger partial charge in [-0.15, -0.1) is 0 Å². The highest BCUT2D eigenvalue weighted by atomic mass is 16.5. The molecule has 1 aliphatic heterocycles. The number of aldehydes is 1. The topological polar surface area (TPSA) is 82.1 Å². The zero-order chi connectivity index (χ0) is 25.2. The fraction of sp³-hybridized carbons (Fsp3) is 0.483. The lowest BCUT2D eigenvalue weighted by molar-refractivity contribution is -0.145. The molecule has 1 saturated heterocycles. The minimum atomic E-state index is -0.373. The van der Waals surface area contributed by atoms with E-state index in [9.17, 15) is 14.4 Å². The molecule has 36 heavy (non-hydrogen) atoms. The van der Waals surface area contributed by atoms with Gasteiger partial charge in [0.2, 0.25) is 0 Å². The molecular formula is C29H35NO6. The van der Waals surface area contributed by atoms with Gasteiger partial charge in [0.15, 0.2) is 12.1 Å². The van der Waals surface area contributed by atoms with Gasteiger partial charge in [-0.3, -0.25) is 19.3 Å². The highest BCUT2D eigenvalue weighted by molar-refractivity contribution is 5.87. The summed E-state index contributed by atoms with van der Waals surface area (Å²) in [5, 5.41) is 2.38. The summed E-state index contributed by atoms with van der Waals surface area (Å²) in [6.07, 6.45) is 7.37. The summed E-state index contributed by atoms with van der Waals surface area (Å²) in [5.41, 5.74) is 1.11. The molecule has 2 aromatic rings. The molecule has 2 fully saturated rings. The Kier molecular flexibility index (Phi) is 9.78. The molecule has 0 spiro atoms. The molecule has 0 N–H and O–H groups in total. The third-order valence-electron chi connectivity index (χ3n) is 6.99. The van der Waals surface area contributed by atoms with E-state index in [1.165, 1.54) is 10.8 Å². The van der Waals surface area contributed by atoms with E-state index in [1.807, 2.05) is 18.2 Å². The maximum Gasteiger partial charge on any atom is 0.306 e. The van der Waals surface area contributed by atoms with Crippen molar-refractivity contribution in [3.8, 4) is 0 Å². The van der Waals surface area contributed by atoms with Crippen molar-refractivity contribution in [1.82, 2.24) is 4.90 Å². The number of ketones is 1. The van der Waals surface area contributed by atoms with Gasteiger partial charge in [-0.2, -0.15) is 0 Å². The minimum absolute atomic E-state index is 0.110. The Bertz CT molecular complexity index is 1060. The second-order valence-electron chi connectivity index (χ2n) is 9.40. The van der Waals surface area contributed by atoms with E-state index in [0.717, 1.165) is 31.5 Å². The first kappa shape index (κ1) is 26.2. The second kappa shape index (κ2) is 13.4. The number of nitrogens with zero attached hydrogens (tertiary/aromatic N) is 1. The normalized spacial score (nSPS) is 22.9. The van der Waals surface area contributed by atoms with Crippen molar-refractivity contribution in [2.45, 2.75) is 50.9 Å². The number of hydrogen-bond donors (Lipinski definition) is 0. The van der Waals surface area contributed by atoms with E-state index in [4.69, 9.17) is 14.2 Å². The standard InChI is InChI=1S/C29H35NO6/c31-15-18-35-28(33)10-4-2-1-3-9-25-27(20-26(32)29(25)30-13-16-34-17-14-30)36-21-22-11-12-23-7-5-6-8-24(23)19-22/h1-2,5-8,11-12,15,19,25,27,29H,3-4,9-10,13-14,16-18,20-21H2/b2-1+. The Morgan fingerprint density at radius 3 is 2.64 bits per heavy atom. The fourth-order valence-electron chi connectivity index (χ4n) is 5.23. The number of esters is 1. The van der Waals surface area contributed by atoms with Crippen molar-refractivity contribution in [3.05, 3.63) is 60.2 Å². The number of Topliss-reactive ketones (excluding diaryl/α,β-unsaturated/α-hetero) is 1. The molecule has 1 saturated carbocycles. The largest absolute Gasteiger partial charge is 0.458 e. The summed E-state index contributed by atoms with van der Waals surface area (Å²) >= 11 is 0. The van der Waals surface area contributed by atoms with Crippen molar-refractivity contribution in [2.75, 3.05) is 32.9 Å². The number of morpholine rings is 1. The predicted molar refractivity (Wildman–Crippen MR) is 136 cm³/mol. The van der Waals surface area contributed by atoms with Gasteiger partial charge in [0.1, 0.15) is 6.61 Å². The quantitative estimate of drug-likeness (QED) is 0.252. The highest BCUT2D eigenvalue weighted by Crippen LogP contribution is 2.35. The maximum atomic E-state index is 13.1. The van der Waals surface area contributed by atoms with Crippen molar-refractivity contribution in [1.29, 1.82) is 0 Å². The van der Waals surface area contributed by atoms with E-state index < -0.39 is 0 Å². The Labute approximate surface area is 212 Å². The molecule has 3 unspecified atom stereocenters. The molecule has 0 amide bonds. The Morgan fingerprint density at radius 1 is 1.06 bits per heavy atom. The number of ether oxygens (including phenoxy) is 3. The van der Waals surface area contributed by atoms with Crippen molar-refractivity contribution < 1.29 is 28.6 Å². The van der Waals surface area contributed by atoms with Crippen LogP contribution >= 0.6 is 0 Å². The van der Waals surface area contributed by atoms with Gasteiger partial charge < -0.3 is 14.2 Å². The van der Waals surface area contributed by atoms with Crippen LogP contribution in [0.25, 0.3) is 10.8 Å². The van der Waals surface area contributed by atoms with Gasteiger partial charge in [0.05, 0.1) is 32.0 Å². The van der Waals surface area contributed by atoms with Gasteiger partial charge >= 0.3 is 5.97 Å². The minimum Gasteiger partial charge on any atom is -0.458 e. The molecule has 1 aliphatic carbocycles. The fourth-order valence-corrected chi connectivity index (χ4v) is 5.23. The molecule has 2 aliphatic rings. The molecule has 7 nitrogen and oxygen atoms in total. The number of carbonyl (C=O) groups excluding carboxylic acids is 3. The van der Waals surface area contributed by atoms with E-state index in [0.29, 0.717) is 38.9 Å². The summed E-state index contributed by atoms with van der Waals surface area (Å²) in [6, 6.07) is 14.5. The van der Waals surface area contributed by atoms with Crippen molar-refractivity contribution in [2.24, 2.45) is 5.92 Å². The number of hydrogen-bond acceptors (Lipinski definition) is 7.